The first-order chi connectivity index (χ1) is 6.15. The van der Waals surface area contributed by atoms with E-state index in [1.54, 1.807) is 0 Å². The van der Waals surface area contributed by atoms with Gasteiger partial charge in [0.1, 0.15) is 10.5 Å². The van der Waals surface area contributed by atoms with E-state index in [9.17, 15) is 14.4 Å². The second-order valence-electron chi connectivity index (χ2n) is 2.33. The maximum absolute atomic E-state index is 11.0. The normalized spacial score (nSPS) is 10.5. The highest BCUT2D eigenvalue weighted by Crippen LogP contribution is 1.69. The van der Waals surface area contributed by atoms with Gasteiger partial charge in [0.2, 0.25) is 0 Å². The summed E-state index contributed by atoms with van der Waals surface area (Å²) >= 11 is 0. The number of hydrogen-bond acceptors (Lipinski definition) is 4. The Kier molecular flexibility index (Phi) is 2.98. The van der Waals surface area contributed by atoms with Crippen LogP contribution in [-0.4, -0.2) is 31.6 Å². The molecule has 0 fully saturated rings. The first-order valence-corrected chi connectivity index (χ1v) is 4.39. The lowest BCUT2D eigenvalue weighted by Gasteiger charge is -2.00. The number of aromatic nitrogens is 3. The average Bonchev–Trinajstić information content (AvgIpc) is 2.02. The quantitative estimate of drug-likeness (QED) is 0.499. The van der Waals surface area contributed by atoms with E-state index in [0.29, 0.717) is 17.1 Å². The summed E-state index contributed by atoms with van der Waals surface area (Å²) in [5.41, 5.74) is -2.22. The molecule has 0 radical (unpaired) electrons. The molecule has 13 heavy (non-hydrogen) atoms. The molecule has 0 amide bonds. The fourth-order valence-corrected chi connectivity index (χ4v) is 1.02. The number of nitrogens with one attached hydrogen (secondary N) is 2. The van der Waals surface area contributed by atoms with Crippen LogP contribution in [0, 0.1) is 0 Å². The molecule has 8 heteroatoms. The van der Waals surface area contributed by atoms with Crippen LogP contribution >= 0.6 is 0 Å². The molecule has 0 aliphatic carbocycles. The Morgan fingerprint density at radius 2 is 1.77 bits per heavy atom. The fraction of sp³-hybridized carbons (Fsp3) is 0.400. The summed E-state index contributed by atoms with van der Waals surface area (Å²) < 4.78 is 5.69. The highest BCUT2D eigenvalue weighted by Gasteiger charge is 2.00. The molecule has 0 aliphatic rings. The number of aromatic amines is 2. The Hall–Kier alpha value is -1.41. The van der Waals surface area contributed by atoms with Crippen molar-refractivity contribution in [2.24, 2.45) is 0 Å². The van der Waals surface area contributed by atoms with Gasteiger partial charge in [-0.25, -0.2) is 19.0 Å². The molecule has 1 heterocycles. The van der Waals surface area contributed by atoms with Gasteiger partial charge in [-0.1, -0.05) is 0 Å². The van der Waals surface area contributed by atoms with Crippen molar-refractivity contribution >= 4 is 10.5 Å². The van der Waals surface area contributed by atoms with Gasteiger partial charge in [0, 0.05) is 0 Å². The summed E-state index contributed by atoms with van der Waals surface area (Å²) in [6.07, 6.45) is 0. The first-order valence-electron chi connectivity index (χ1n) is 3.57. The van der Waals surface area contributed by atoms with E-state index in [1.165, 1.54) is 0 Å². The van der Waals surface area contributed by atoms with Gasteiger partial charge in [0.15, 0.2) is 0 Å². The minimum Gasteiger partial charge on any atom is -0.426 e. The highest BCUT2D eigenvalue weighted by molar-refractivity contribution is 5.97. The molecule has 1 aromatic heterocycles. The maximum atomic E-state index is 11.0. The van der Waals surface area contributed by atoms with Crippen molar-refractivity contribution in [1.29, 1.82) is 0 Å². The van der Waals surface area contributed by atoms with Crippen LogP contribution in [-0.2, 0) is 11.0 Å². The molecule has 0 spiro atoms. The van der Waals surface area contributed by atoms with E-state index < -0.39 is 17.1 Å². The first kappa shape index (κ1) is 9.67. The van der Waals surface area contributed by atoms with Gasteiger partial charge in [-0.3, -0.25) is 9.97 Å². The van der Waals surface area contributed by atoms with Crippen molar-refractivity contribution in [2.75, 3.05) is 6.61 Å². The highest BCUT2D eigenvalue weighted by atomic mass is 28.2. The second-order valence-corrected chi connectivity index (χ2v) is 2.91. The van der Waals surface area contributed by atoms with Crippen LogP contribution in [0.4, 0.5) is 0 Å². The molecule has 0 unspecified atom stereocenters. The largest absolute Gasteiger partial charge is 0.426 e. The van der Waals surface area contributed by atoms with E-state index in [2.05, 4.69) is 0 Å². The van der Waals surface area contributed by atoms with Gasteiger partial charge < -0.3 is 4.43 Å². The van der Waals surface area contributed by atoms with Crippen molar-refractivity contribution in [3.8, 4) is 0 Å². The van der Waals surface area contributed by atoms with Crippen molar-refractivity contribution in [3.63, 3.8) is 0 Å². The summed E-state index contributed by atoms with van der Waals surface area (Å²) in [6.45, 7) is 0.440. The summed E-state index contributed by atoms with van der Waals surface area (Å²) in [5, 5.41) is 0. The van der Waals surface area contributed by atoms with E-state index in [0.717, 1.165) is 4.57 Å². The number of rotatable bonds is 3. The lowest BCUT2D eigenvalue weighted by atomic mass is 10.7. The van der Waals surface area contributed by atoms with E-state index in [1.807, 2.05) is 9.97 Å². The van der Waals surface area contributed by atoms with E-state index in [-0.39, 0.29) is 6.54 Å². The van der Waals surface area contributed by atoms with E-state index >= 15 is 0 Å². The molecule has 0 aromatic carbocycles. The Morgan fingerprint density at radius 1 is 1.23 bits per heavy atom. The van der Waals surface area contributed by atoms with Gasteiger partial charge in [0.05, 0.1) is 13.2 Å². The standard InChI is InChI=1S/C5H9N3O4Si/c9-3-6-4(10)8(1-2-12-13)5(11)7-3/h1-2H2,13H3,(H2,6,7,9,10,11). The Balaban J connectivity index is 3.15. The van der Waals surface area contributed by atoms with Crippen molar-refractivity contribution < 1.29 is 4.43 Å². The molecule has 0 atom stereocenters. The summed E-state index contributed by atoms with van der Waals surface area (Å²) in [4.78, 5) is 36.5. The third-order valence-corrected chi connectivity index (χ3v) is 1.86. The third kappa shape index (κ3) is 2.26. The second kappa shape index (κ2) is 4.01. The number of nitrogens with zero attached hydrogens (tertiary/aromatic N) is 1. The minimum absolute atomic E-state index is 0.147. The summed E-state index contributed by atoms with van der Waals surface area (Å²) in [5.74, 6) is 0. The molecule has 0 saturated heterocycles. The van der Waals surface area contributed by atoms with Gasteiger partial charge in [-0.05, 0) is 0 Å². The molecule has 0 aliphatic heterocycles. The topological polar surface area (TPSA) is 96.9 Å². The molecule has 7 nitrogen and oxygen atoms in total. The average molecular weight is 203 g/mol. The monoisotopic (exact) mass is 203 g/mol. The van der Waals surface area contributed by atoms with Gasteiger partial charge in [0.25, 0.3) is 0 Å². The van der Waals surface area contributed by atoms with E-state index in [4.69, 9.17) is 4.43 Å². The number of hydrogen-bond donors (Lipinski definition) is 2. The minimum atomic E-state index is -0.793. The van der Waals surface area contributed by atoms with Crippen molar-refractivity contribution in [3.05, 3.63) is 31.5 Å². The predicted molar refractivity (Wildman–Crippen MR) is 47.8 cm³/mol. The van der Waals surface area contributed by atoms with Gasteiger partial charge in [-0.2, -0.15) is 0 Å². The third-order valence-electron chi connectivity index (χ3n) is 1.45. The fourth-order valence-electron chi connectivity index (χ4n) is 0.838. The van der Waals surface area contributed by atoms with Crippen LogP contribution in [0.15, 0.2) is 14.4 Å². The molecule has 72 valence electrons. The zero-order valence-electron chi connectivity index (χ0n) is 6.99. The summed E-state index contributed by atoms with van der Waals surface area (Å²) in [6, 6.07) is 0. The molecule has 1 rings (SSSR count). The number of H-pyrrole nitrogens is 2. The van der Waals surface area contributed by atoms with Gasteiger partial charge in [-0.15, -0.1) is 0 Å². The molecule has 0 bridgehead atoms. The molecule has 0 saturated carbocycles. The Labute approximate surface area is 74.9 Å². The lowest BCUT2D eigenvalue weighted by molar-refractivity contribution is 0.318. The molecular weight excluding hydrogens is 194 g/mol. The molecule has 2 N–H and O–H groups in total. The van der Waals surface area contributed by atoms with Crippen LogP contribution in [0.2, 0.25) is 0 Å². The lowest BCUT2D eigenvalue weighted by Crippen LogP contribution is -2.43. The smallest absolute Gasteiger partial charge is 0.333 e. The maximum Gasteiger partial charge on any atom is 0.333 e. The van der Waals surface area contributed by atoms with Crippen molar-refractivity contribution in [1.82, 2.24) is 14.5 Å². The van der Waals surface area contributed by atoms with Crippen LogP contribution < -0.4 is 17.1 Å². The van der Waals surface area contributed by atoms with Crippen LogP contribution in [0.5, 0.6) is 0 Å². The summed E-state index contributed by atoms with van der Waals surface area (Å²) in [7, 11) is 0.544. The Bertz CT molecular complexity index is 410. The van der Waals surface area contributed by atoms with Crippen LogP contribution in [0.3, 0.4) is 0 Å². The Morgan fingerprint density at radius 3 is 2.23 bits per heavy atom. The van der Waals surface area contributed by atoms with Crippen LogP contribution in [0.25, 0.3) is 0 Å². The van der Waals surface area contributed by atoms with Crippen LogP contribution in [0.1, 0.15) is 0 Å². The zero-order chi connectivity index (χ0) is 9.84. The zero-order valence-corrected chi connectivity index (χ0v) is 8.99. The predicted octanol–water partition coefficient (Wildman–Crippen LogP) is -3.48. The van der Waals surface area contributed by atoms with Gasteiger partial charge >= 0.3 is 17.1 Å². The SMILES string of the molecule is O=c1[nH]c(=O)n(CCO[SiH3])c(=O)[nH]1. The molecular formula is C5H9N3O4Si. The van der Waals surface area contributed by atoms with Crippen molar-refractivity contribution in [2.45, 2.75) is 6.54 Å². The molecule has 1 aromatic rings.